The van der Waals surface area contributed by atoms with E-state index in [0.717, 1.165) is 0 Å². The van der Waals surface area contributed by atoms with Crippen molar-refractivity contribution in [1.29, 1.82) is 0 Å². The summed E-state index contributed by atoms with van der Waals surface area (Å²) in [4.78, 5) is 16.0. The van der Waals surface area contributed by atoms with Crippen molar-refractivity contribution in [3.05, 3.63) is 17.3 Å². The van der Waals surface area contributed by atoms with E-state index in [1.165, 1.54) is 0 Å². The first-order chi connectivity index (χ1) is 7.86. The van der Waals surface area contributed by atoms with Gasteiger partial charge in [0, 0.05) is 18.7 Å². The fourth-order valence-electron chi connectivity index (χ4n) is 1.77. The number of anilines is 2. The largest absolute Gasteiger partial charge is 0.365 e. The molecule has 1 aliphatic heterocycles. The van der Waals surface area contributed by atoms with Crippen LogP contribution < -0.4 is 10.6 Å². The number of fused-ring (bicyclic) bond motifs is 1. The minimum Gasteiger partial charge on any atom is -0.365 e. The molecule has 0 spiro atoms. The van der Waals surface area contributed by atoms with Crippen molar-refractivity contribution in [2.75, 3.05) is 10.6 Å². The molecular weight excluding hydrogens is 238 g/mol. The Kier molecular flexibility index (Phi) is 3.00. The van der Waals surface area contributed by atoms with E-state index < -0.39 is 0 Å². The molecule has 5 heteroatoms. The maximum Gasteiger partial charge on any atom is 0.226 e. The van der Waals surface area contributed by atoms with Crippen molar-refractivity contribution >= 4 is 29.0 Å². The molecule has 0 bridgehead atoms. The highest BCUT2D eigenvalue weighted by Gasteiger charge is 2.30. The molecule has 1 aromatic heterocycles. The molecule has 0 radical (unpaired) electrons. The van der Waals surface area contributed by atoms with Crippen LogP contribution in [0.15, 0.2) is 12.3 Å². The standard InChI is InChI=1S/C12H16ClN3O/c1-12(2,3)9-5-10(17)15-8-4-7(13)6-14-11(8)16-9/h4,6,9H,5H2,1-3H3,(H,14,16)(H,15,17). The van der Waals surface area contributed by atoms with Gasteiger partial charge in [0.1, 0.15) is 5.82 Å². The third-order valence-corrected chi connectivity index (χ3v) is 3.08. The van der Waals surface area contributed by atoms with Crippen LogP contribution in [0.4, 0.5) is 11.5 Å². The third kappa shape index (κ3) is 2.69. The lowest BCUT2D eigenvalue weighted by molar-refractivity contribution is -0.116. The molecule has 17 heavy (non-hydrogen) atoms. The Bertz CT molecular complexity index is 454. The van der Waals surface area contributed by atoms with E-state index in [0.29, 0.717) is 22.9 Å². The van der Waals surface area contributed by atoms with Crippen LogP contribution in [-0.4, -0.2) is 16.9 Å². The molecule has 1 unspecified atom stereocenters. The predicted octanol–water partition coefficient (Wildman–Crippen LogP) is 2.90. The first kappa shape index (κ1) is 12.2. The van der Waals surface area contributed by atoms with Crippen LogP contribution in [0, 0.1) is 5.41 Å². The van der Waals surface area contributed by atoms with Crippen LogP contribution in [0.3, 0.4) is 0 Å². The molecule has 92 valence electrons. The second-order valence-electron chi connectivity index (χ2n) is 5.36. The van der Waals surface area contributed by atoms with Crippen molar-refractivity contribution in [3.63, 3.8) is 0 Å². The predicted molar refractivity (Wildman–Crippen MR) is 69.4 cm³/mol. The van der Waals surface area contributed by atoms with Gasteiger partial charge in [0.05, 0.1) is 10.7 Å². The summed E-state index contributed by atoms with van der Waals surface area (Å²) in [5.41, 5.74) is 0.634. The van der Waals surface area contributed by atoms with Crippen LogP contribution in [0.2, 0.25) is 5.02 Å². The van der Waals surface area contributed by atoms with Crippen molar-refractivity contribution in [3.8, 4) is 0 Å². The van der Waals surface area contributed by atoms with E-state index in [-0.39, 0.29) is 17.4 Å². The summed E-state index contributed by atoms with van der Waals surface area (Å²) >= 11 is 5.86. The maximum atomic E-state index is 11.8. The number of hydrogen-bond acceptors (Lipinski definition) is 3. The lowest BCUT2D eigenvalue weighted by Gasteiger charge is -2.29. The average Bonchev–Trinajstić information content (AvgIpc) is 2.34. The SMILES string of the molecule is CC(C)(C)C1CC(=O)Nc2cc(Cl)cnc2N1. The van der Waals surface area contributed by atoms with Crippen LogP contribution in [-0.2, 0) is 4.79 Å². The van der Waals surface area contributed by atoms with Crippen molar-refractivity contribution < 1.29 is 4.79 Å². The number of carbonyl (C=O) groups is 1. The summed E-state index contributed by atoms with van der Waals surface area (Å²) < 4.78 is 0. The molecule has 1 amide bonds. The summed E-state index contributed by atoms with van der Waals surface area (Å²) in [6.45, 7) is 6.29. The van der Waals surface area contributed by atoms with Crippen LogP contribution in [0.5, 0.6) is 0 Å². The summed E-state index contributed by atoms with van der Waals surface area (Å²) in [6.07, 6.45) is 2.00. The number of halogens is 1. The molecular formula is C12H16ClN3O. The number of hydrogen-bond donors (Lipinski definition) is 2. The molecule has 0 aromatic carbocycles. The van der Waals surface area contributed by atoms with Gasteiger partial charge in [0.2, 0.25) is 5.91 Å². The summed E-state index contributed by atoms with van der Waals surface area (Å²) in [5.74, 6) is 0.667. The smallest absolute Gasteiger partial charge is 0.226 e. The Hall–Kier alpha value is -1.29. The highest BCUT2D eigenvalue weighted by atomic mass is 35.5. The monoisotopic (exact) mass is 253 g/mol. The van der Waals surface area contributed by atoms with Gasteiger partial charge in [-0.25, -0.2) is 4.98 Å². The van der Waals surface area contributed by atoms with Gasteiger partial charge in [-0.15, -0.1) is 0 Å². The fraction of sp³-hybridized carbons (Fsp3) is 0.500. The molecule has 0 aliphatic carbocycles. The first-order valence-electron chi connectivity index (χ1n) is 5.58. The minimum atomic E-state index is -0.0137. The van der Waals surface area contributed by atoms with E-state index in [2.05, 4.69) is 36.4 Å². The molecule has 1 atom stereocenters. The molecule has 2 heterocycles. The van der Waals surface area contributed by atoms with Gasteiger partial charge in [-0.1, -0.05) is 32.4 Å². The second-order valence-corrected chi connectivity index (χ2v) is 5.80. The van der Waals surface area contributed by atoms with Crippen LogP contribution >= 0.6 is 11.6 Å². The molecule has 2 N–H and O–H groups in total. The van der Waals surface area contributed by atoms with E-state index in [1.807, 2.05) is 0 Å². The number of nitrogens with one attached hydrogen (secondary N) is 2. The maximum absolute atomic E-state index is 11.8. The number of pyridine rings is 1. The number of amides is 1. The fourth-order valence-corrected chi connectivity index (χ4v) is 1.93. The molecule has 1 aromatic rings. The normalized spacial score (nSPS) is 20.0. The zero-order valence-electron chi connectivity index (χ0n) is 10.2. The van der Waals surface area contributed by atoms with E-state index >= 15 is 0 Å². The van der Waals surface area contributed by atoms with E-state index in [1.54, 1.807) is 12.3 Å². The lowest BCUT2D eigenvalue weighted by atomic mass is 9.85. The van der Waals surface area contributed by atoms with Gasteiger partial charge in [-0.05, 0) is 11.5 Å². The highest BCUT2D eigenvalue weighted by Crippen LogP contribution is 2.32. The van der Waals surface area contributed by atoms with Crippen LogP contribution in [0.1, 0.15) is 27.2 Å². The van der Waals surface area contributed by atoms with Gasteiger partial charge >= 0.3 is 0 Å². The Balaban J connectivity index is 2.37. The van der Waals surface area contributed by atoms with Gasteiger partial charge < -0.3 is 10.6 Å². The quantitative estimate of drug-likeness (QED) is 0.748. The molecule has 0 saturated heterocycles. The van der Waals surface area contributed by atoms with E-state index in [4.69, 9.17) is 11.6 Å². The van der Waals surface area contributed by atoms with Gasteiger partial charge in [-0.3, -0.25) is 4.79 Å². The summed E-state index contributed by atoms with van der Waals surface area (Å²) in [6, 6.07) is 1.76. The first-order valence-corrected chi connectivity index (χ1v) is 5.96. The zero-order chi connectivity index (χ0) is 12.6. The molecule has 1 aliphatic rings. The Labute approximate surface area is 106 Å². The lowest BCUT2D eigenvalue weighted by Crippen LogP contribution is -2.35. The highest BCUT2D eigenvalue weighted by molar-refractivity contribution is 6.30. The Morgan fingerprint density at radius 2 is 2.18 bits per heavy atom. The number of rotatable bonds is 0. The third-order valence-electron chi connectivity index (χ3n) is 2.87. The van der Waals surface area contributed by atoms with Gasteiger partial charge in [0.15, 0.2) is 0 Å². The Morgan fingerprint density at radius 3 is 2.82 bits per heavy atom. The Morgan fingerprint density at radius 1 is 1.47 bits per heavy atom. The molecule has 2 rings (SSSR count). The average molecular weight is 254 g/mol. The van der Waals surface area contributed by atoms with Crippen molar-refractivity contribution in [1.82, 2.24) is 4.98 Å². The van der Waals surface area contributed by atoms with Crippen molar-refractivity contribution in [2.24, 2.45) is 5.41 Å². The molecule has 0 saturated carbocycles. The van der Waals surface area contributed by atoms with Crippen molar-refractivity contribution in [2.45, 2.75) is 33.2 Å². The van der Waals surface area contributed by atoms with E-state index in [9.17, 15) is 4.79 Å². The van der Waals surface area contributed by atoms with Crippen LogP contribution in [0.25, 0.3) is 0 Å². The summed E-state index contributed by atoms with van der Waals surface area (Å²) in [7, 11) is 0. The molecule has 4 nitrogen and oxygen atoms in total. The van der Waals surface area contributed by atoms with Gasteiger partial charge in [0.25, 0.3) is 0 Å². The second kappa shape index (κ2) is 4.18. The number of carbonyl (C=O) groups excluding carboxylic acids is 1. The number of aromatic nitrogens is 1. The topological polar surface area (TPSA) is 54.0 Å². The number of nitrogens with zero attached hydrogens (tertiary/aromatic N) is 1. The van der Waals surface area contributed by atoms with Gasteiger partial charge in [-0.2, -0.15) is 0 Å². The summed E-state index contributed by atoms with van der Waals surface area (Å²) in [5, 5.41) is 6.63. The molecule has 0 fully saturated rings. The zero-order valence-corrected chi connectivity index (χ0v) is 10.9. The minimum absolute atomic E-state index is 0.0136.